The highest BCUT2D eigenvalue weighted by Crippen LogP contribution is 2.26. The summed E-state index contributed by atoms with van der Waals surface area (Å²) in [4.78, 5) is 20.4. The van der Waals surface area contributed by atoms with E-state index in [1.807, 2.05) is 24.3 Å². The minimum Gasteiger partial charge on any atom is -0.438 e. The Labute approximate surface area is 162 Å². The van der Waals surface area contributed by atoms with Crippen LogP contribution in [0.4, 0.5) is 5.69 Å². The molecule has 0 saturated heterocycles. The van der Waals surface area contributed by atoms with Crippen molar-refractivity contribution in [2.45, 2.75) is 6.42 Å². The molecule has 0 radical (unpaired) electrons. The molecule has 0 saturated carbocycles. The van der Waals surface area contributed by atoms with Crippen LogP contribution in [0.1, 0.15) is 5.56 Å². The Kier molecular flexibility index (Phi) is 4.80. The molecular weight excluding hydrogens is 410 g/mol. The number of nitrogens with zero attached hydrogens (tertiary/aromatic N) is 3. The largest absolute Gasteiger partial charge is 0.438 e. The zero-order valence-electron chi connectivity index (χ0n) is 14.0. The number of aromatic amines is 1. The van der Waals surface area contributed by atoms with Gasteiger partial charge >= 0.3 is 0 Å². The third kappa shape index (κ3) is 4.12. The number of carbonyl (C=O) groups is 1. The van der Waals surface area contributed by atoms with Crippen LogP contribution in [0.2, 0.25) is 0 Å². The number of fused-ring (bicyclic) bond motifs is 1. The van der Waals surface area contributed by atoms with E-state index in [1.165, 1.54) is 6.33 Å². The summed E-state index contributed by atoms with van der Waals surface area (Å²) < 4.78 is 6.77. The van der Waals surface area contributed by atoms with Crippen LogP contribution in [0.5, 0.6) is 11.6 Å². The Balaban J connectivity index is 1.40. The van der Waals surface area contributed by atoms with Crippen LogP contribution >= 0.6 is 15.9 Å². The van der Waals surface area contributed by atoms with E-state index >= 15 is 0 Å². The van der Waals surface area contributed by atoms with Crippen molar-refractivity contribution >= 4 is 38.6 Å². The number of hydrogen-bond donors (Lipinski definition) is 2. The van der Waals surface area contributed by atoms with Gasteiger partial charge in [-0.05, 0) is 42.0 Å². The van der Waals surface area contributed by atoms with Crippen LogP contribution in [0, 0.1) is 0 Å². The number of hydrogen-bond acceptors (Lipinski definition) is 5. The monoisotopic (exact) mass is 423 g/mol. The maximum Gasteiger partial charge on any atom is 0.233 e. The zero-order valence-corrected chi connectivity index (χ0v) is 15.6. The maximum absolute atomic E-state index is 12.2. The summed E-state index contributed by atoms with van der Waals surface area (Å²) in [5.41, 5.74) is 2.25. The van der Waals surface area contributed by atoms with Crippen LogP contribution in [-0.2, 0) is 11.2 Å². The summed E-state index contributed by atoms with van der Waals surface area (Å²) in [6.45, 7) is 0. The number of nitrogens with one attached hydrogen (secondary N) is 2. The summed E-state index contributed by atoms with van der Waals surface area (Å²) >= 11 is 3.38. The maximum atomic E-state index is 12.2. The molecule has 2 aromatic carbocycles. The molecule has 0 aliphatic heterocycles. The number of carbonyl (C=O) groups excluding carboxylic acids is 1. The van der Waals surface area contributed by atoms with Crippen molar-refractivity contribution in [3.8, 4) is 11.6 Å². The molecule has 2 N–H and O–H groups in total. The fraction of sp³-hybridized carbons (Fsp3) is 0.0526. The van der Waals surface area contributed by atoms with E-state index in [-0.39, 0.29) is 5.91 Å². The SMILES string of the molecule is O=C(Cc1ccc(Br)cc1)Nc1ccc(Oc2ncnc3[nH]ncc23)cc1. The van der Waals surface area contributed by atoms with Gasteiger partial charge in [0.05, 0.1) is 12.6 Å². The highest BCUT2D eigenvalue weighted by atomic mass is 79.9. The number of rotatable bonds is 5. The second kappa shape index (κ2) is 7.55. The zero-order chi connectivity index (χ0) is 18.6. The Bertz CT molecular complexity index is 1080. The van der Waals surface area contributed by atoms with Crippen molar-refractivity contribution in [2.24, 2.45) is 0 Å². The molecule has 134 valence electrons. The molecular formula is C19H14BrN5O2. The smallest absolute Gasteiger partial charge is 0.233 e. The molecule has 0 aliphatic carbocycles. The quantitative estimate of drug-likeness (QED) is 0.504. The number of amides is 1. The van der Waals surface area contributed by atoms with Crippen LogP contribution in [0.15, 0.2) is 65.5 Å². The Morgan fingerprint density at radius 2 is 1.85 bits per heavy atom. The summed E-state index contributed by atoms with van der Waals surface area (Å²) in [6.07, 6.45) is 3.33. The minimum absolute atomic E-state index is 0.0816. The molecule has 4 rings (SSSR count). The number of ether oxygens (including phenoxy) is 1. The van der Waals surface area contributed by atoms with E-state index in [0.29, 0.717) is 34.8 Å². The lowest BCUT2D eigenvalue weighted by atomic mass is 10.1. The van der Waals surface area contributed by atoms with Gasteiger partial charge in [0.25, 0.3) is 0 Å². The average molecular weight is 424 g/mol. The van der Waals surface area contributed by atoms with E-state index in [2.05, 4.69) is 41.4 Å². The number of benzene rings is 2. The first-order valence-corrected chi connectivity index (χ1v) is 8.93. The van der Waals surface area contributed by atoms with Crippen molar-refractivity contribution in [1.82, 2.24) is 20.2 Å². The van der Waals surface area contributed by atoms with Gasteiger partial charge < -0.3 is 10.1 Å². The number of halogens is 1. The van der Waals surface area contributed by atoms with Gasteiger partial charge in [0.1, 0.15) is 17.5 Å². The van der Waals surface area contributed by atoms with Gasteiger partial charge in [0, 0.05) is 10.2 Å². The second-order valence-electron chi connectivity index (χ2n) is 5.79. The van der Waals surface area contributed by atoms with Gasteiger partial charge in [-0.15, -0.1) is 0 Å². The van der Waals surface area contributed by atoms with E-state index in [0.717, 1.165) is 10.0 Å². The van der Waals surface area contributed by atoms with Gasteiger partial charge in [0.15, 0.2) is 5.65 Å². The van der Waals surface area contributed by atoms with Gasteiger partial charge in [-0.1, -0.05) is 28.1 Å². The summed E-state index contributed by atoms with van der Waals surface area (Å²) in [7, 11) is 0. The molecule has 0 unspecified atom stereocenters. The lowest BCUT2D eigenvalue weighted by Gasteiger charge is -2.08. The van der Waals surface area contributed by atoms with Crippen molar-refractivity contribution < 1.29 is 9.53 Å². The van der Waals surface area contributed by atoms with Crippen molar-refractivity contribution in [1.29, 1.82) is 0 Å². The Morgan fingerprint density at radius 1 is 1.07 bits per heavy atom. The molecule has 0 spiro atoms. The lowest BCUT2D eigenvalue weighted by molar-refractivity contribution is -0.115. The third-order valence-corrected chi connectivity index (χ3v) is 4.37. The topological polar surface area (TPSA) is 92.8 Å². The Morgan fingerprint density at radius 3 is 2.63 bits per heavy atom. The van der Waals surface area contributed by atoms with Crippen LogP contribution in [0.3, 0.4) is 0 Å². The predicted molar refractivity (Wildman–Crippen MR) is 105 cm³/mol. The van der Waals surface area contributed by atoms with Crippen molar-refractivity contribution in [2.75, 3.05) is 5.32 Å². The first-order chi connectivity index (χ1) is 13.2. The molecule has 2 aromatic heterocycles. The highest BCUT2D eigenvalue weighted by Gasteiger charge is 2.08. The van der Waals surface area contributed by atoms with E-state index < -0.39 is 0 Å². The average Bonchev–Trinajstić information content (AvgIpc) is 3.15. The molecule has 0 bridgehead atoms. The summed E-state index contributed by atoms with van der Waals surface area (Å²) in [5.74, 6) is 0.935. The van der Waals surface area contributed by atoms with Crippen LogP contribution < -0.4 is 10.1 Å². The molecule has 0 atom stereocenters. The molecule has 1 amide bonds. The Hall–Kier alpha value is -3.26. The van der Waals surface area contributed by atoms with Crippen molar-refractivity contribution in [3.05, 3.63) is 71.1 Å². The molecule has 7 nitrogen and oxygen atoms in total. The fourth-order valence-corrected chi connectivity index (χ4v) is 2.80. The molecule has 27 heavy (non-hydrogen) atoms. The third-order valence-electron chi connectivity index (χ3n) is 3.84. The molecule has 8 heteroatoms. The molecule has 0 aliphatic rings. The van der Waals surface area contributed by atoms with Gasteiger partial charge in [-0.3, -0.25) is 9.89 Å². The molecule has 4 aromatic rings. The highest BCUT2D eigenvalue weighted by molar-refractivity contribution is 9.10. The minimum atomic E-state index is -0.0816. The second-order valence-corrected chi connectivity index (χ2v) is 6.70. The first-order valence-electron chi connectivity index (χ1n) is 8.14. The molecule has 2 heterocycles. The van der Waals surface area contributed by atoms with E-state index in [4.69, 9.17) is 4.74 Å². The van der Waals surface area contributed by atoms with E-state index in [9.17, 15) is 4.79 Å². The summed E-state index contributed by atoms with van der Waals surface area (Å²) in [5, 5.41) is 10.3. The predicted octanol–water partition coefficient (Wildman–Crippen LogP) is 4.09. The number of H-pyrrole nitrogens is 1. The van der Waals surface area contributed by atoms with Gasteiger partial charge in [-0.2, -0.15) is 5.10 Å². The number of anilines is 1. The standard InChI is InChI=1S/C19H14BrN5O2/c20-13-3-1-12(2-4-13)9-17(26)24-14-5-7-15(8-6-14)27-19-16-10-23-25-18(16)21-11-22-19/h1-8,10-11H,9H2,(H,24,26)(H,21,22,23,25). The van der Waals surface area contributed by atoms with Gasteiger partial charge in [-0.25, -0.2) is 9.97 Å². The van der Waals surface area contributed by atoms with Crippen molar-refractivity contribution in [3.63, 3.8) is 0 Å². The first kappa shape index (κ1) is 17.2. The van der Waals surface area contributed by atoms with E-state index in [1.54, 1.807) is 30.5 Å². The van der Waals surface area contributed by atoms with Gasteiger partial charge in [0.2, 0.25) is 11.8 Å². The lowest BCUT2D eigenvalue weighted by Crippen LogP contribution is -2.14. The fourth-order valence-electron chi connectivity index (χ4n) is 2.53. The molecule has 0 fully saturated rings. The van der Waals surface area contributed by atoms with Crippen LogP contribution in [0.25, 0.3) is 11.0 Å². The normalized spacial score (nSPS) is 10.7. The number of aromatic nitrogens is 4. The van der Waals surface area contributed by atoms with Crippen LogP contribution in [-0.4, -0.2) is 26.1 Å². The summed E-state index contributed by atoms with van der Waals surface area (Å²) in [6, 6.07) is 14.8.